The van der Waals surface area contributed by atoms with Gasteiger partial charge in [-0.1, -0.05) is 93.0 Å². The summed E-state index contributed by atoms with van der Waals surface area (Å²) in [5, 5.41) is 41.0. The number of allylic oxidation sites excluding steroid dienone is 6. The second kappa shape index (κ2) is 30.1. The van der Waals surface area contributed by atoms with Crippen molar-refractivity contribution in [1.82, 2.24) is 24.6 Å². The number of rotatable bonds is 29. The van der Waals surface area contributed by atoms with Crippen LogP contribution in [0.15, 0.2) is 178 Å². The van der Waals surface area contributed by atoms with Crippen LogP contribution in [-0.2, 0) is 55.8 Å². The van der Waals surface area contributed by atoms with Crippen molar-refractivity contribution in [2.45, 2.75) is 95.5 Å². The normalized spacial score (nSPS) is 13.6. The summed E-state index contributed by atoms with van der Waals surface area (Å²) in [6.45, 7) is 20.1. The fourth-order valence-electron chi connectivity index (χ4n) is 13.0. The lowest BCUT2D eigenvalue weighted by atomic mass is 9.77. The third kappa shape index (κ3) is 15.7. The summed E-state index contributed by atoms with van der Waals surface area (Å²) < 4.78 is 66.2. The second-order valence-electron chi connectivity index (χ2n) is 25.6. The Bertz CT molecular complexity index is 4560. The van der Waals surface area contributed by atoms with E-state index in [1.807, 2.05) is 12.1 Å². The highest BCUT2D eigenvalue weighted by molar-refractivity contribution is 7.89. The smallest absolute Gasteiger partial charge is 0.537 e. The maximum atomic E-state index is 13.4. The zero-order chi connectivity index (χ0) is 68.8. The van der Waals surface area contributed by atoms with E-state index in [2.05, 4.69) is 180 Å². The van der Waals surface area contributed by atoms with Crippen molar-refractivity contribution < 1.29 is 50.7 Å². The Morgan fingerprint density at radius 3 is 1.91 bits per heavy atom. The van der Waals surface area contributed by atoms with E-state index in [-0.39, 0.29) is 52.3 Å². The van der Waals surface area contributed by atoms with Crippen LogP contribution in [0.4, 0.5) is 5.69 Å². The first kappa shape index (κ1) is 71.4. The number of anilines is 1. The average molecular weight is 1340 g/mol. The van der Waals surface area contributed by atoms with Crippen LogP contribution in [0.5, 0.6) is 5.75 Å². The molecular weight excluding hydrogens is 1250 g/mol. The topological polar surface area (TPSA) is 221 Å². The molecule has 2 aliphatic rings. The molecule has 7 aromatic carbocycles. The van der Waals surface area contributed by atoms with Crippen LogP contribution < -0.4 is 35.0 Å². The number of Topliss-reactive ketones (excluding diaryl/α,β-unsaturated/α-hetero) is 1. The number of carbonyl (C=O) groups excluding carboxylic acids is 2. The van der Waals surface area contributed by atoms with Crippen LogP contribution >= 0.6 is 0 Å². The number of sulfonamides is 2. The summed E-state index contributed by atoms with van der Waals surface area (Å²) in [6.07, 6.45) is 8.78. The maximum absolute atomic E-state index is 13.4. The molecule has 0 unspecified atom stereocenters. The SMILES string of the molecule is C=C(C)C(=O)CCCCN(Cc1cc(S(=O)(=O)NC)ccc1O[B]O)Cc1c2ccccc2c(CN(CCCNC(=O)C(=C)C)Cc2cc(S(=O)(=O)NC)ccc2B(O)O)c2ccc(-c3cccc(C4=C5C=CC(=[N+](C)C)C=C5[Si](C)(C)c5cc(N(C)C)ccc54)c3C)cc12. The number of hydrogen-bond acceptors (Lipinski definition) is 13. The molecule has 17 nitrogen and oxygen atoms in total. The van der Waals surface area contributed by atoms with Gasteiger partial charge < -0.3 is 29.9 Å². The van der Waals surface area contributed by atoms with Gasteiger partial charge in [0.2, 0.25) is 26.0 Å². The third-order valence-corrected chi connectivity index (χ3v) is 24.7. The summed E-state index contributed by atoms with van der Waals surface area (Å²) >= 11 is 0. The maximum Gasteiger partial charge on any atom is 0.569 e. The molecule has 0 saturated carbocycles. The Kier molecular flexibility index (Phi) is 22.6. The molecule has 22 heteroatoms. The number of amides is 1. The number of unbranched alkanes of at least 4 members (excludes halogenated alkanes) is 1. The quantitative estimate of drug-likeness (QED) is 0.00855. The van der Waals surface area contributed by atoms with E-state index in [0.717, 1.165) is 66.3 Å². The first-order valence-electron chi connectivity index (χ1n) is 31.9. The van der Waals surface area contributed by atoms with E-state index in [1.165, 1.54) is 71.5 Å². The summed E-state index contributed by atoms with van der Waals surface area (Å²) in [5.74, 6) is -0.0637. The van der Waals surface area contributed by atoms with E-state index in [0.29, 0.717) is 81.8 Å². The monoisotopic (exact) mass is 1340 g/mol. The number of carbonyl (C=O) groups is 2. The molecule has 0 bridgehead atoms. The largest absolute Gasteiger partial charge is 0.569 e. The molecular formula is C73H87B2N7O10S2Si+. The molecule has 95 heavy (non-hydrogen) atoms. The fourth-order valence-corrected chi connectivity index (χ4v) is 17.6. The molecule has 1 amide bonds. The molecule has 495 valence electrons. The Morgan fingerprint density at radius 2 is 1.29 bits per heavy atom. The van der Waals surface area contributed by atoms with Crippen LogP contribution in [0.1, 0.15) is 78.5 Å². The minimum absolute atomic E-state index is 0.00863. The summed E-state index contributed by atoms with van der Waals surface area (Å²) in [4.78, 5) is 32.3. The van der Waals surface area contributed by atoms with Crippen molar-refractivity contribution in [2.75, 3.05) is 66.8 Å². The fraction of sp³-hybridized carbons (Fsp3) is 0.301. The average Bonchev–Trinajstić information content (AvgIpc) is 0.719. The van der Waals surface area contributed by atoms with E-state index in [9.17, 15) is 41.5 Å². The molecule has 1 radical (unpaired) electrons. The van der Waals surface area contributed by atoms with Crippen molar-refractivity contribution >= 4 is 104 Å². The lowest BCUT2D eigenvalue weighted by Crippen LogP contribution is -2.49. The highest BCUT2D eigenvalue weighted by Gasteiger charge is 2.41. The van der Waals surface area contributed by atoms with Crippen LogP contribution in [0.2, 0.25) is 13.1 Å². The predicted molar refractivity (Wildman–Crippen MR) is 388 cm³/mol. The molecule has 6 N–H and O–H groups in total. The second-order valence-corrected chi connectivity index (χ2v) is 33.7. The Morgan fingerprint density at radius 1 is 0.684 bits per heavy atom. The van der Waals surface area contributed by atoms with Gasteiger partial charge in [0.25, 0.3) is 0 Å². The number of hydrogen-bond donors (Lipinski definition) is 6. The summed E-state index contributed by atoms with van der Waals surface area (Å²) in [7, 11) is -0.546. The van der Waals surface area contributed by atoms with Gasteiger partial charge in [0.05, 0.1) is 9.79 Å². The molecule has 1 heterocycles. The first-order chi connectivity index (χ1) is 45.1. The molecule has 0 atom stereocenters. The number of nitrogens with zero attached hydrogens (tertiary/aromatic N) is 4. The highest BCUT2D eigenvalue weighted by atomic mass is 32.2. The van der Waals surface area contributed by atoms with Gasteiger partial charge >= 0.3 is 14.8 Å². The van der Waals surface area contributed by atoms with Crippen LogP contribution in [0, 0.1) is 6.92 Å². The van der Waals surface area contributed by atoms with Crippen LogP contribution in [0.3, 0.4) is 0 Å². The molecule has 0 spiro atoms. The molecule has 9 rings (SSSR count). The Balaban J connectivity index is 1.29. The summed E-state index contributed by atoms with van der Waals surface area (Å²) in [5.41, 5.74) is 13.8. The minimum atomic E-state index is -3.96. The molecule has 0 aromatic heterocycles. The summed E-state index contributed by atoms with van der Waals surface area (Å²) in [6, 6.07) is 36.9. The van der Waals surface area contributed by atoms with Gasteiger partial charge in [0.1, 0.15) is 27.9 Å². The number of nitrogens with one attached hydrogen (secondary N) is 3. The lowest BCUT2D eigenvalue weighted by Gasteiger charge is -2.38. The van der Waals surface area contributed by atoms with Gasteiger partial charge in [-0.2, -0.15) is 0 Å². The van der Waals surface area contributed by atoms with E-state index in [1.54, 1.807) is 19.9 Å². The van der Waals surface area contributed by atoms with E-state index in [4.69, 9.17) is 4.65 Å². The molecule has 0 saturated heterocycles. The molecule has 7 aromatic rings. The van der Waals surface area contributed by atoms with E-state index >= 15 is 0 Å². The highest BCUT2D eigenvalue weighted by Crippen LogP contribution is 2.45. The van der Waals surface area contributed by atoms with Gasteiger partial charge in [0.15, 0.2) is 11.5 Å². The number of benzene rings is 7. The zero-order valence-electron chi connectivity index (χ0n) is 56.4. The van der Waals surface area contributed by atoms with Gasteiger partial charge in [-0.15, -0.1) is 0 Å². The van der Waals surface area contributed by atoms with Crippen molar-refractivity contribution in [1.29, 1.82) is 0 Å². The standard InChI is InChI=1S/C73H86B2N7O10S2Si/c1-47(2)68(83)24-16-17-36-81(44-52-39-56(94(90,91)77-7)29-34-69(52)92-74-85)46-66-60-21-15-14-20-59(60)65(45-82(37-19-35-78-73(84)48(3)4)43-51-38-55(93(88,89)76-6)28-33-67(51)75(86)87)61-30-25-50(40-64(61)66)57-22-18-23-58(49(57)5)72-62-31-26-53(79(8)9)41-70(62)95(12,13)71-42-54(80(10)11)27-32-63(71)72/h14-15,18,20-23,25-34,38-42,76-77,85-87H,1,3,16-17,19,24,35-37,43-46H2,2,4-13H3/p+1. The Hall–Kier alpha value is -7.86. The minimum Gasteiger partial charge on any atom is -0.537 e. The molecule has 0 fully saturated rings. The Labute approximate surface area is 562 Å². The zero-order valence-corrected chi connectivity index (χ0v) is 59.0. The first-order valence-corrected chi connectivity index (χ1v) is 37.8. The molecule has 1 aliphatic carbocycles. The van der Waals surface area contributed by atoms with Crippen molar-refractivity contribution in [2.24, 2.45) is 0 Å². The third-order valence-electron chi connectivity index (χ3n) is 18.3. The van der Waals surface area contributed by atoms with Gasteiger partial charge in [0, 0.05) is 88.8 Å². The number of ketones is 1. The van der Waals surface area contributed by atoms with Crippen molar-refractivity contribution in [3.63, 3.8) is 0 Å². The molecule has 1 aliphatic heterocycles. The van der Waals surface area contributed by atoms with E-state index < -0.39 is 35.2 Å². The van der Waals surface area contributed by atoms with Gasteiger partial charge in [-0.05, 0) is 214 Å². The predicted octanol–water partition coefficient (Wildman–Crippen LogP) is 8.32. The van der Waals surface area contributed by atoms with Crippen LogP contribution in [-0.4, -0.2) is 148 Å². The number of fused-ring (bicyclic) bond motifs is 4. The van der Waals surface area contributed by atoms with Crippen molar-refractivity contribution in [3.05, 3.63) is 208 Å². The van der Waals surface area contributed by atoms with Gasteiger partial charge in [-0.25, -0.2) is 30.9 Å². The lowest BCUT2D eigenvalue weighted by molar-refractivity contribution is -0.462. The van der Waals surface area contributed by atoms with Gasteiger partial charge in [-0.3, -0.25) is 19.4 Å². The van der Waals surface area contributed by atoms with Crippen molar-refractivity contribution in [3.8, 4) is 16.9 Å². The van der Waals surface area contributed by atoms with Crippen LogP contribution in [0.25, 0.3) is 38.2 Å².